The van der Waals surface area contributed by atoms with Crippen LogP contribution in [0.25, 0.3) is 10.9 Å². The molecule has 184 valence electrons. The van der Waals surface area contributed by atoms with Crippen molar-refractivity contribution in [2.24, 2.45) is 0 Å². The van der Waals surface area contributed by atoms with Crippen LogP contribution in [0.15, 0.2) is 48.6 Å². The molecule has 1 aromatic heterocycles. The number of hydrogen-bond acceptors (Lipinski definition) is 7. The molecule has 7 nitrogen and oxygen atoms in total. The van der Waals surface area contributed by atoms with Gasteiger partial charge in [-0.1, -0.05) is 11.6 Å². The average Bonchev–Trinajstić information content (AvgIpc) is 2.85. The lowest BCUT2D eigenvalue weighted by atomic mass is 10.0. The van der Waals surface area contributed by atoms with E-state index < -0.39 is 17.4 Å². The molecule has 2 aromatic carbocycles. The van der Waals surface area contributed by atoms with Crippen LogP contribution in [-0.2, 0) is 11.2 Å². The summed E-state index contributed by atoms with van der Waals surface area (Å²) in [6.07, 6.45) is 2.54. The number of fused-ring (bicyclic) bond motifs is 1. The Morgan fingerprint density at radius 3 is 2.69 bits per heavy atom. The van der Waals surface area contributed by atoms with Gasteiger partial charge in [0.05, 0.1) is 17.6 Å². The van der Waals surface area contributed by atoms with Crippen molar-refractivity contribution in [1.29, 1.82) is 0 Å². The maximum Gasteiger partial charge on any atom is 0.195 e. The maximum absolute atomic E-state index is 14.7. The molecule has 10 heteroatoms. The topological polar surface area (TPSA) is 70.6 Å². The van der Waals surface area contributed by atoms with E-state index in [4.69, 9.17) is 16.3 Å². The minimum atomic E-state index is -0.769. The van der Waals surface area contributed by atoms with Gasteiger partial charge >= 0.3 is 0 Å². The van der Waals surface area contributed by atoms with E-state index in [2.05, 4.69) is 32.1 Å². The number of carbonyl (C=O) groups excluding carboxylic acids is 1. The first-order valence-corrected chi connectivity index (χ1v) is 11.6. The molecule has 35 heavy (non-hydrogen) atoms. The number of carbonyl (C=O) groups is 1. The molecule has 0 spiro atoms. The summed E-state index contributed by atoms with van der Waals surface area (Å²) in [6, 6.07) is 7.60. The highest BCUT2D eigenvalue weighted by atomic mass is 35.5. The molecular formula is C25H26ClF2N5O2. The Morgan fingerprint density at radius 1 is 1.20 bits per heavy atom. The first-order chi connectivity index (χ1) is 16.8. The van der Waals surface area contributed by atoms with Crippen LogP contribution >= 0.6 is 11.6 Å². The lowest BCUT2D eigenvalue weighted by molar-refractivity contribution is -0.116. The lowest BCUT2D eigenvalue weighted by Crippen LogP contribution is -2.44. The Hall–Kier alpha value is -3.14. The molecular weight excluding hydrogens is 476 g/mol. The molecule has 0 amide bonds. The zero-order valence-electron chi connectivity index (χ0n) is 19.5. The van der Waals surface area contributed by atoms with Gasteiger partial charge in [0.1, 0.15) is 23.7 Å². The minimum Gasteiger partial charge on any atom is -0.496 e. The van der Waals surface area contributed by atoms with Gasteiger partial charge in [-0.25, -0.2) is 18.7 Å². The fourth-order valence-corrected chi connectivity index (χ4v) is 4.06. The van der Waals surface area contributed by atoms with Crippen LogP contribution in [0.4, 0.5) is 20.3 Å². The number of anilines is 2. The minimum absolute atomic E-state index is 0.0276. The molecule has 0 unspecified atom stereocenters. The van der Waals surface area contributed by atoms with Gasteiger partial charge in [0, 0.05) is 61.8 Å². The van der Waals surface area contributed by atoms with Crippen molar-refractivity contribution in [3.05, 3.63) is 65.0 Å². The lowest BCUT2D eigenvalue weighted by Gasteiger charge is -2.31. The quantitative estimate of drug-likeness (QED) is 0.459. The third-order valence-corrected chi connectivity index (χ3v) is 6.25. The molecule has 1 saturated heterocycles. The average molecular weight is 502 g/mol. The number of rotatable bonds is 8. The highest BCUT2D eigenvalue weighted by Gasteiger charge is 2.18. The fraction of sp³-hybridized carbons (Fsp3) is 0.320. The van der Waals surface area contributed by atoms with E-state index in [0.29, 0.717) is 40.3 Å². The van der Waals surface area contributed by atoms with Crippen molar-refractivity contribution in [3.63, 3.8) is 0 Å². The number of methoxy groups -OCH3 is 1. The van der Waals surface area contributed by atoms with Crippen LogP contribution in [-0.4, -0.2) is 72.4 Å². The largest absolute Gasteiger partial charge is 0.496 e. The third kappa shape index (κ3) is 6.11. The van der Waals surface area contributed by atoms with Gasteiger partial charge in [0.15, 0.2) is 11.6 Å². The molecule has 1 aliphatic heterocycles. The second-order valence-electron chi connectivity index (χ2n) is 8.41. The highest BCUT2D eigenvalue weighted by molar-refractivity contribution is 6.31. The van der Waals surface area contributed by atoms with Crippen molar-refractivity contribution in [1.82, 2.24) is 19.8 Å². The first-order valence-electron chi connectivity index (χ1n) is 11.2. The molecule has 1 N–H and O–H groups in total. The number of likely N-dealkylation sites (N-methyl/N-ethyl adjacent to an activating group) is 1. The van der Waals surface area contributed by atoms with Crippen LogP contribution in [0.1, 0.15) is 5.56 Å². The Bertz CT molecular complexity index is 1260. The van der Waals surface area contributed by atoms with E-state index in [1.165, 1.54) is 37.7 Å². The Balaban J connectivity index is 1.55. The SMILES string of the molecule is COc1cc2ncnc(Nc3ccc(F)c(Cl)c3)c2cc1CC(=O)C(F)=CCN1CCN(C)CC1. The number of Topliss-reactive ketones (excluding diaryl/α,β-unsaturated/α-hetero) is 1. The second kappa shape index (κ2) is 11.1. The third-order valence-electron chi connectivity index (χ3n) is 5.96. The van der Waals surface area contributed by atoms with E-state index >= 15 is 0 Å². The van der Waals surface area contributed by atoms with Crippen molar-refractivity contribution in [3.8, 4) is 5.75 Å². The summed E-state index contributed by atoms with van der Waals surface area (Å²) in [5.41, 5.74) is 1.60. The van der Waals surface area contributed by atoms with Crippen LogP contribution < -0.4 is 10.1 Å². The molecule has 1 fully saturated rings. The predicted octanol–water partition coefficient (Wildman–Crippen LogP) is 4.39. The summed E-state index contributed by atoms with van der Waals surface area (Å²) in [7, 11) is 3.53. The first kappa shape index (κ1) is 25.0. The number of piperazine rings is 1. The molecule has 1 aliphatic rings. The second-order valence-corrected chi connectivity index (χ2v) is 8.82. The van der Waals surface area contributed by atoms with Gasteiger partial charge < -0.3 is 15.0 Å². The van der Waals surface area contributed by atoms with Crippen molar-refractivity contribution < 1.29 is 18.3 Å². The molecule has 0 bridgehead atoms. The molecule has 0 aliphatic carbocycles. The Kier molecular flexibility index (Phi) is 7.90. The van der Waals surface area contributed by atoms with Crippen molar-refractivity contribution in [2.45, 2.75) is 6.42 Å². The van der Waals surface area contributed by atoms with E-state index in [-0.39, 0.29) is 11.4 Å². The fourth-order valence-electron chi connectivity index (χ4n) is 3.88. The number of hydrogen-bond donors (Lipinski definition) is 1. The van der Waals surface area contributed by atoms with Crippen molar-refractivity contribution in [2.75, 3.05) is 52.2 Å². The summed E-state index contributed by atoms with van der Waals surface area (Å²) < 4.78 is 33.6. The van der Waals surface area contributed by atoms with Crippen molar-refractivity contribution >= 4 is 39.8 Å². The number of nitrogens with zero attached hydrogens (tertiary/aromatic N) is 4. The monoisotopic (exact) mass is 501 g/mol. The van der Waals surface area contributed by atoms with Gasteiger partial charge in [0.25, 0.3) is 0 Å². The number of halogens is 3. The van der Waals surface area contributed by atoms with Crippen LogP contribution in [0.3, 0.4) is 0 Å². The Morgan fingerprint density at radius 2 is 1.97 bits per heavy atom. The summed E-state index contributed by atoms with van der Waals surface area (Å²) in [5.74, 6) is -1.08. The molecule has 0 radical (unpaired) electrons. The molecule has 0 atom stereocenters. The van der Waals surface area contributed by atoms with E-state index in [1.54, 1.807) is 12.1 Å². The summed E-state index contributed by atoms with van der Waals surface area (Å²) >= 11 is 5.88. The standard InChI is InChI=1S/C25H26ClF2N5O2/c1-32-7-9-33(10-8-32)6-5-21(28)23(34)12-16-11-18-22(14-24(16)35-2)29-15-30-25(18)31-17-3-4-20(27)19(26)13-17/h3-5,11,13-15H,6-10,12H2,1-2H3,(H,29,30,31). The van der Waals surface area contributed by atoms with Gasteiger partial charge in [-0.05, 0) is 37.4 Å². The van der Waals surface area contributed by atoms with Crippen LogP contribution in [0.5, 0.6) is 5.75 Å². The maximum atomic E-state index is 14.7. The molecule has 3 aromatic rings. The van der Waals surface area contributed by atoms with Gasteiger partial charge in [-0.15, -0.1) is 0 Å². The number of nitrogens with one attached hydrogen (secondary N) is 1. The normalized spacial score (nSPS) is 15.4. The van der Waals surface area contributed by atoms with E-state index in [9.17, 15) is 13.6 Å². The number of benzene rings is 2. The summed E-state index contributed by atoms with van der Waals surface area (Å²) in [6.45, 7) is 3.90. The zero-order valence-corrected chi connectivity index (χ0v) is 20.3. The van der Waals surface area contributed by atoms with Crippen LogP contribution in [0, 0.1) is 5.82 Å². The number of aromatic nitrogens is 2. The number of ketones is 1. The zero-order chi connectivity index (χ0) is 24.9. The molecule has 0 saturated carbocycles. The smallest absolute Gasteiger partial charge is 0.195 e. The molecule has 2 heterocycles. The predicted molar refractivity (Wildman–Crippen MR) is 133 cm³/mol. The van der Waals surface area contributed by atoms with Gasteiger partial charge in [-0.2, -0.15) is 0 Å². The molecule has 4 rings (SSSR count). The van der Waals surface area contributed by atoms with E-state index in [0.717, 1.165) is 26.2 Å². The van der Waals surface area contributed by atoms with Gasteiger partial charge in [0.2, 0.25) is 0 Å². The summed E-state index contributed by atoms with van der Waals surface area (Å²) in [4.78, 5) is 25.5. The van der Waals surface area contributed by atoms with Crippen LogP contribution in [0.2, 0.25) is 5.02 Å². The highest BCUT2D eigenvalue weighted by Crippen LogP contribution is 2.31. The number of ether oxygens (including phenoxy) is 1. The van der Waals surface area contributed by atoms with Gasteiger partial charge in [-0.3, -0.25) is 9.69 Å². The Labute approximate surface area is 207 Å². The number of allylic oxidation sites excluding steroid dienone is 1. The van der Waals surface area contributed by atoms with E-state index in [1.807, 2.05) is 0 Å². The summed E-state index contributed by atoms with van der Waals surface area (Å²) in [5, 5.41) is 3.66.